The van der Waals surface area contributed by atoms with E-state index in [4.69, 9.17) is 0 Å². The van der Waals surface area contributed by atoms with Crippen LogP contribution in [0.1, 0.15) is 18.3 Å². The van der Waals surface area contributed by atoms with Crippen molar-refractivity contribution in [1.82, 2.24) is 9.55 Å². The molecule has 0 unspecified atom stereocenters. The van der Waals surface area contributed by atoms with Crippen molar-refractivity contribution in [3.05, 3.63) is 17.7 Å². The summed E-state index contributed by atoms with van der Waals surface area (Å²) in [6.45, 7) is 3.54. The summed E-state index contributed by atoms with van der Waals surface area (Å²) in [5.74, 6) is 0.159. The molecule has 0 aromatic carbocycles. The molecule has 0 radical (unpaired) electrons. The van der Waals surface area contributed by atoms with Crippen molar-refractivity contribution in [2.45, 2.75) is 20.3 Å². The predicted octanol–water partition coefficient (Wildman–Crippen LogP) is 0.860. The molecule has 1 aromatic heterocycles. The highest BCUT2D eigenvalue weighted by atomic mass is 16.1. The Labute approximate surface area is 66.1 Å². The highest BCUT2D eigenvalue weighted by Crippen LogP contribution is 2.04. The Balaban J connectivity index is 2.87. The lowest BCUT2D eigenvalue weighted by molar-refractivity contribution is -0.116. The molecule has 3 heteroatoms. The molecule has 0 fully saturated rings. The number of hydrogen-bond donors (Lipinski definition) is 0. The van der Waals surface area contributed by atoms with Gasteiger partial charge in [0, 0.05) is 12.7 Å². The zero-order chi connectivity index (χ0) is 8.43. The maximum Gasteiger partial charge on any atom is 0.135 e. The third-order valence-electron chi connectivity index (χ3n) is 1.75. The third kappa shape index (κ3) is 1.67. The number of Topliss-reactive ketones (excluding diaryl/α,β-unsaturated/α-hetero) is 1. The Morgan fingerprint density at radius 2 is 2.36 bits per heavy atom. The number of hydrogen-bond acceptors (Lipinski definition) is 2. The van der Waals surface area contributed by atoms with Crippen molar-refractivity contribution in [2.24, 2.45) is 7.05 Å². The lowest BCUT2D eigenvalue weighted by Crippen LogP contribution is -1.99. The normalized spacial score (nSPS) is 10.1. The molecule has 0 aliphatic heterocycles. The number of imidazole rings is 1. The quantitative estimate of drug-likeness (QED) is 0.630. The molecule has 0 N–H and O–H groups in total. The maximum atomic E-state index is 10.7. The molecule has 1 aromatic rings. The van der Waals surface area contributed by atoms with E-state index in [2.05, 4.69) is 4.98 Å². The molecule has 0 saturated carbocycles. The summed E-state index contributed by atoms with van der Waals surface area (Å²) in [7, 11) is 1.92. The van der Waals surface area contributed by atoms with Crippen LogP contribution in [0.3, 0.4) is 0 Å². The van der Waals surface area contributed by atoms with Crippen LogP contribution in [0.15, 0.2) is 6.33 Å². The largest absolute Gasteiger partial charge is 0.338 e. The van der Waals surface area contributed by atoms with Crippen LogP contribution in [-0.2, 0) is 18.3 Å². The molecule has 0 amide bonds. The number of aryl methyl sites for hydroxylation is 1. The monoisotopic (exact) mass is 152 g/mol. The van der Waals surface area contributed by atoms with Crippen molar-refractivity contribution < 1.29 is 4.79 Å². The molecule has 3 nitrogen and oxygen atoms in total. The Hall–Kier alpha value is -1.12. The van der Waals surface area contributed by atoms with E-state index in [0.29, 0.717) is 6.42 Å². The molecule has 0 saturated heterocycles. The first-order valence-electron chi connectivity index (χ1n) is 3.57. The van der Waals surface area contributed by atoms with Crippen molar-refractivity contribution in [3.8, 4) is 0 Å². The van der Waals surface area contributed by atoms with Gasteiger partial charge in [0.2, 0.25) is 0 Å². The van der Waals surface area contributed by atoms with Crippen LogP contribution in [0.2, 0.25) is 0 Å². The van der Waals surface area contributed by atoms with Crippen molar-refractivity contribution in [3.63, 3.8) is 0 Å². The first kappa shape index (κ1) is 7.98. The summed E-state index contributed by atoms with van der Waals surface area (Å²) in [6, 6.07) is 0. The lowest BCUT2D eigenvalue weighted by Gasteiger charge is -1.95. The minimum absolute atomic E-state index is 0.159. The van der Waals surface area contributed by atoms with Crippen LogP contribution in [-0.4, -0.2) is 15.3 Å². The van der Waals surface area contributed by atoms with Gasteiger partial charge in [-0.25, -0.2) is 4.98 Å². The van der Waals surface area contributed by atoms with Gasteiger partial charge in [-0.3, -0.25) is 4.79 Å². The van der Waals surface area contributed by atoms with Gasteiger partial charge in [-0.05, 0) is 13.8 Å². The first-order valence-corrected chi connectivity index (χ1v) is 3.57. The van der Waals surface area contributed by atoms with Crippen LogP contribution >= 0.6 is 0 Å². The maximum absolute atomic E-state index is 10.7. The third-order valence-corrected chi connectivity index (χ3v) is 1.75. The van der Waals surface area contributed by atoms with Gasteiger partial charge < -0.3 is 4.57 Å². The molecular formula is C8H12N2O. The van der Waals surface area contributed by atoms with Gasteiger partial charge in [0.1, 0.15) is 5.78 Å². The fraction of sp³-hybridized carbons (Fsp3) is 0.500. The van der Waals surface area contributed by atoms with Crippen LogP contribution < -0.4 is 0 Å². The van der Waals surface area contributed by atoms with E-state index in [9.17, 15) is 4.79 Å². The van der Waals surface area contributed by atoms with E-state index in [-0.39, 0.29) is 5.78 Å². The molecule has 0 atom stereocenters. The highest BCUT2D eigenvalue weighted by Gasteiger charge is 2.05. The van der Waals surface area contributed by atoms with Crippen LogP contribution in [0, 0.1) is 6.92 Å². The van der Waals surface area contributed by atoms with Gasteiger partial charge in [-0.1, -0.05) is 0 Å². The summed E-state index contributed by atoms with van der Waals surface area (Å²) >= 11 is 0. The molecule has 60 valence electrons. The van der Waals surface area contributed by atoms with Gasteiger partial charge in [0.05, 0.1) is 18.4 Å². The number of carbonyl (C=O) groups excluding carboxylic acids is 1. The van der Waals surface area contributed by atoms with Gasteiger partial charge >= 0.3 is 0 Å². The summed E-state index contributed by atoms with van der Waals surface area (Å²) in [6.07, 6.45) is 2.18. The minimum atomic E-state index is 0.159. The highest BCUT2D eigenvalue weighted by molar-refractivity contribution is 5.77. The zero-order valence-electron chi connectivity index (χ0n) is 7.09. The Morgan fingerprint density at radius 1 is 1.73 bits per heavy atom. The molecule has 0 spiro atoms. The van der Waals surface area contributed by atoms with Crippen molar-refractivity contribution in [2.75, 3.05) is 0 Å². The second kappa shape index (κ2) is 2.86. The fourth-order valence-electron chi connectivity index (χ4n) is 0.949. The number of ketones is 1. The molecule has 11 heavy (non-hydrogen) atoms. The van der Waals surface area contributed by atoms with Crippen molar-refractivity contribution >= 4 is 5.78 Å². The van der Waals surface area contributed by atoms with Gasteiger partial charge in [0.25, 0.3) is 0 Å². The molecule has 0 aliphatic rings. The van der Waals surface area contributed by atoms with E-state index >= 15 is 0 Å². The minimum Gasteiger partial charge on any atom is -0.338 e. The number of aromatic nitrogens is 2. The van der Waals surface area contributed by atoms with E-state index in [1.54, 1.807) is 13.3 Å². The van der Waals surface area contributed by atoms with Gasteiger partial charge in [-0.15, -0.1) is 0 Å². The number of nitrogens with zero attached hydrogens (tertiary/aromatic N) is 2. The van der Waals surface area contributed by atoms with Gasteiger partial charge in [-0.2, -0.15) is 0 Å². The van der Waals surface area contributed by atoms with E-state index < -0.39 is 0 Å². The fourth-order valence-corrected chi connectivity index (χ4v) is 0.949. The summed E-state index contributed by atoms with van der Waals surface area (Å²) in [5, 5.41) is 0. The average Bonchev–Trinajstić information content (AvgIpc) is 2.18. The summed E-state index contributed by atoms with van der Waals surface area (Å²) in [4.78, 5) is 14.8. The second-order valence-corrected chi connectivity index (χ2v) is 2.77. The molecule has 0 bridgehead atoms. The zero-order valence-corrected chi connectivity index (χ0v) is 7.09. The smallest absolute Gasteiger partial charge is 0.135 e. The average molecular weight is 152 g/mol. The van der Waals surface area contributed by atoms with E-state index in [1.165, 1.54) is 0 Å². The van der Waals surface area contributed by atoms with Crippen LogP contribution in [0.25, 0.3) is 0 Å². The molecule has 1 heterocycles. The van der Waals surface area contributed by atoms with Crippen molar-refractivity contribution in [1.29, 1.82) is 0 Å². The topological polar surface area (TPSA) is 34.9 Å². The predicted molar refractivity (Wildman–Crippen MR) is 42.3 cm³/mol. The van der Waals surface area contributed by atoms with Crippen LogP contribution in [0.4, 0.5) is 0 Å². The van der Waals surface area contributed by atoms with E-state index in [1.807, 2.05) is 18.5 Å². The van der Waals surface area contributed by atoms with E-state index in [0.717, 1.165) is 11.4 Å². The second-order valence-electron chi connectivity index (χ2n) is 2.77. The Morgan fingerprint density at radius 3 is 2.73 bits per heavy atom. The number of rotatable bonds is 2. The van der Waals surface area contributed by atoms with Gasteiger partial charge in [0.15, 0.2) is 0 Å². The standard InChI is InChI=1S/C8H12N2O/c1-6(11)4-8-7(2)10(3)5-9-8/h5H,4H2,1-3H3. The SMILES string of the molecule is CC(=O)Cc1ncn(C)c1C. The molecule has 1 rings (SSSR count). The first-order chi connectivity index (χ1) is 5.11. The molecular weight excluding hydrogens is 140 g/mol. The number of carbonyl (C=O) groups is 1. The lowest BCUT2D eigenvalue weighted by atomic mass is 10.2. The Bertz CT molecular complexity index is 276. The summed E-state index contributed by atoms with van der Waals surface area (Å²) < 4.78 is 1.91. The summed E-state index contributed by atoms with van der Waals surface area (Å²) in [5.41, 5.74) is 1.96. The Kier molecular flexibility index (Phi) is 2.08. The van der Waals surface area contributed by atoms with Crippen LogP contribution in [0.5, 0.6) is 0 Å². The molecule has 0 aliphatic carbocycles.